The molecule has 3 amide bonds. The molecule has 2 aromatic carbocycles. The second-order valence-corrected chi connectivity index (χ2v) is 11.3. The Labute approximate surface area is 244 Å². The molecule has 226 valence electrons. The summed E-state index contributed by atoms with van der Waals surface area (Å²) in [5, 5.41) is 15.7. The van der Waals surface area contributed by atoms with E-state index in [-0.39, 0.29) is 17.6 Å². The zero-order valence-electron chi connectivity index (χ0n) is 25.5. The molecule has 0 saturated heterocycles. The van der Waals surface area contributed by atoms with Gasteiger partial charge in [0.05, 0.1) is 7.11 Å². The number of methoxy groups -OCH3 is 1. The topological polar surface area (TPSA) is 117 Å². The zero-order valence-corrected chi connectivity index (χ0v) is 25.5. The number of phenolic OH excluding ortho intramolecular Hbond substituents is 1. The number of alkyl carbamates (subject to hydrolysis) is 1. The molecule has 0 aliphatic heterocycles. The maximum Gasteiger partial charge on any atom is 0.408 e. The Morgan fingerprint density at radius 1 is 0.951 bits per heavy atom. The third-order valence-electron chi connectivity index (χ3n) is 6.81. The number of phenols is 1. The van der Waals surface area contributed by atoms with Crippen molar-refractivity contribution in [1.29, 1.82) is 0 Å². The average Bonchev–Trinajstić information content (AvgIpc) is 2.92. The van der Waals surface area contributed by atoms with E-state index in [1.54, 1.807) is 69.2 Å². The molecule has 0 bridgehead atoms. The summed E-state index contributed by atoms with van der Waals surface area (Å²) in [5.41, 5.74) is 0.348. The summed E-state index contributed by atoms with van der Waals surface area (Å²) < 4.78 is 10.7. The minimum absolute atomic E-state index is 0.0490. The van der Waals surface area contributed by atoms with E-state index < -0.39 is 29.7 Å². The lowest BCUT2D eigenvalue weighted by molar-refractivity contribution is -0.142. The van der Waals surface area contributed by atoms with Gasteiger partial charge >= 0.3 is 6.09 Å². The number of anilines is 1. The number of hydrogen-bond donors (Lipinski definition) is 3. The van der Waals surface area contributed by atoms with E-state index in [1.807, 2.05) is 13.8 Å². The highest BCUT2D eigenvalue weighted by molar-refractivity contribution is 5.99. The van der Waals surface area contributed by atoms with Crippen molar-refractivity contribution in [2.24, 2.45) is 5.92 Å². The molecule has 9 heteroatoms. The maximum atomic E-state index is 14.3. The molecule has 3 N–H and O–H groups in total. The van der Waals surface area contributed by atoms with Crippen LogP contribution in [0.25, 0.3) is 0 Å². The van der Waals surface area contributed by atoms with Gasteiger partial charge in [0.25, 0.3) is 5.91 Å². The van der Waals surface area contributed by atoms with E-state index >= 15 is 0 Å². The fourth-order valence-corrected chi connectivity index (χ4v) is 4.39. The van der Waals surface area contributed by atoms with E-state index in [0.717, 1.165) is 19.3 Å². The maximum absolute atomic E-state index is 14.3. The second-order valence-electron chi connectivity index (χ2n) is 11.3. The number of nitrogens with zero attached hydrogens (tertiary/aromatic N) is 1. The van der Waals surface area contributed by atoms with Gasteiger partial charge in [-0.2, -0.15) is 0 Å². The van der Waals surface area contributed by atoms with E-state index in [4.69, 9.17) is 9.47 Å². The second kappa shape index (κ2) is 15.9. The van der Waals surface area contributed by atoms with Crippen LogP contribution in [-0.2, 0) is 14.3 Å². The van der Waals surface area contributed by atoms with Crippen molar-refractivity contribution in [2.45, 2.75) is 91.3 Å². The number of ether oxygens (including phenoxy) is 2. The van der Waals surface area contributed by atoms with Crippen LogP contribution >= 0.6 is 0 Å². The molecule has 0 spiro atoms. The number of carbonyl (C=O) groups is 3. The lowest BCUT2D eigenvalue weighted by Crippen LogP contribution is -2.55. The quantitative estimate of drug-likeness (QED) is 0.226. The van der Waals surface area contributed by atoms with E-state index in [2.05, 4.69) is 17.6 Å². The summed E-state index contributed by atoms with van der Waals surface area (Å²) in [7, 11) is 1.56. The van der Waals surface area contributed by atoms with Crippen molar-refractivity contribution in [3.8, 4) is 11.5 Å². The van der Waals surface area contributed by atoms with Crippen molar-refractivity contribution in [1.82, 2.24) is 10.2 Å². The highest BCUT2D eigenvalue weighted by Gasteiger charge is 2.38. The molecule has 9 nitrogen and oxygen atoms in total. The molecule has 2 aromatic rings. The van der Waals surface area contributed by atoms with E-state index in [0.29, 0.717) is 36.4 Å². The molecule has 41 heavy (non-hydrogen) atoms. The van der Waals surface area contributed by atoms with Crippen LogP contribution < -0.4 is 15.4 Å². The van der Waals surface area contributed by atoms with Crippen LogP contribution in [0.3, 0.4) is 0 Å². The molecule has 0 aliphatic rings. The number of hydrogen-bond acceptors (Lipinski definition) is 6. The number of unbranched alkanes of at least 4 members (excludes halogenated alkanes) is 3. The van der Waals surface area contributed by atoms with Crippen molar-refractivity contribution < 1.29 is 29.0 Å². The Balaban J connectivity index is 2.53. The third kappa shape index (κ3) is 10.6. The minimum Gasteiger partial charge on any atom is -0.508 e. The van der Waals surface area contributed by atoms with Gasteiger partial charge in [-0.05, 0) is 75.1 Å². The normalized spacial score (nSPS) is 13.4. The molecule has 0 heterocycles. The van der Waals surface area contributed by atoms with Crippen molar-refractivity contribution in [3.05, 3.63) is 54.1 Å². The lowest BCUT2D eigenvalue weighted by Gasteiger charge is -2.36. The first-order chi connectivity index (χ1) is 19.4. The summed E-state index contributed by atoms with van der Waals surface area (Å²) in [5.74, 6) is -0.309. The molecule has 0 saturated carbocycles. The van der Waals surface area contributed by atoms with Gasteiger partial charge in [-0.1, -0.05) is 58.6 Å². The van der Waals surface area contributed by atoms with Gasteiger partial charge in [0.2, 0.25) is 5.91 Å². The van der Waals surface area contributed by atoms with Gasteiger partial charge in [-0.25, -0.2) is 4.79 Å². The van der Waals surface area contributed by atoms with Crippen LogP contribution in [0.2, 0.25) is 0 Å². The number of carbonyl (C=O) groups excluding carboxylic acids is 3. The smallest absolute Gasteiger partial charge is 0.408 e. The first-order valence-corrected chi connectivity index (χ1v) is 14.4. The van der Waals surface area contributed by atoms with Crippen LogP contribution in [-0.4, -0.2) is 53.2 Å². The van der Waals surface area contributed by atoms with Crippen molar-refractivity contribution in [3.63, 3.8) is 0 Å². The molecular formula is C32H47N3O6. The van der Waals surface area contributed by atoms with Crippen LogP contribution in [0.5, 0.6) is 11.5 Å². The molecule has 0 aliphatic carbocycles. The molecular weight excluding hydrogens is 522 g/mol. The number of aromatic hydroxyl groups is 1. The predicted octanol–water partition coefficient (Wildman–Crippen LogP) is 6.43. The van der Waals surface area contributed by atoms with Crippen LogP contribution in [0, 0.1) is 5.92 Å². The standard InChI is InChI=1S/C32H47N3O6/c1-8-10-11-12-21-35(30(38)27(22(3)9-2)34-31(39)41-32(4,5)6)28(23-13-17-25(36)18-14-23)29(37)33-24-15-19-26(40-7)20-16-24/h13-20,22,27-28,36H,8-12,21H2,1-7H3,(H,33,37)(H,34,39). The zero-order chi connectivity index (χ0) is 30.6. The molecule has 3 unspecified atom stereocenters. The van der Waals surface area contributed by atoms with Crippen LogP contribution in [0.1, 0.15) is 85.3 Å². The number of benzene rings is 2. The summed E-state index contributed by atoms with van der Waals surface area (Å²) in [6.45, 7) is 11.5. The highest BCUT2D eigenvalue weighted by Crippen LogP contribution is 2.28. The summed E-state index contributed by atoms with van der Waals surface area (Å²) in [6.07, 6.45) is 3.51. The number of amides is 3. The van der Waals surface area contributed by atoms with Crippen molar-refractivity contribution in [2.75, 3.05) is 19.0 Å². The molecule has 0 fully saturated rings. The van der Waals surface area contributed by atoms with Gasteiger partial charge in [0.15, 0.2) is 0 Å². The van der Waals surface area contributed by atoms with Gasteiger partial charge in [0.1, 0.15) is 29.2 Å². The fraction of sp³-hybridized carbons (Fsp3) is 0.531. The fourth-order valence-electron chi connectivity index (χ4n) is 4.39. The first-order valence-electron chi connectivity index (χ1n) is 14.4. The molecule has 0 aromatic heterocycles. The SMILES string of the molecule is CCCCCCN(C(=O)C(NC(=O)OC(C)(C)C)C(C)CC)C(C(=O)Nc1ccc(OC)cc1)c1ccc(O)cc1. The number of nitrogens with one attached hydrogen (secondary N) is 2. The molecule has 3 atom stereocenters. The predicted molar refractivity (Wildman–Crippen MR) is 161 cm³/mol. The van der Waals surface area contributed by atoms with E-state index in [9.17, 15) is 19.5 Å². The largest absolute Gasteiger partial charge is 0.508 e. The summed E-state index contributed by atoms with van der Waals surface area (Å²) in [4.78, 5) is 42.6. The minimum atomic E-state index is -1.01. The highest BCUT2D eigenvalue weighted by atomic mass is 16.6. The Bertz CT molecular complexity index is 1110. The first kappa shape index (κ1) is 33.5. The van der Waals surface area contributed by atoms with E-state index in [1.165, 1.54) is 12.1 Å². The Morgan fingerprint density at radius 3 is 2.12 bits per heavy atom. The van der Waals surface area contributed by atoms with Crippen LogP contribution in [0.15, 0.2) is 48.5 Å². The molecule has 2 rings (SSSR count). The summed E-state index contributed by atoms with van der Waals surface area (Å²) in [6, 6.07) is 11.3. The third-order valence-corrected chi connectivity index (χ3v) is 6.81. The Kier molecular flexibility index (Phi) is 13.0. The average molecular weight is 570 g/mol. The number of rotatable bonds is 14. The Morgan fingerprint density at radius 2 is 1.59 bits per heavy atom. The molecule has 0 radical (unpaired) electrons. The van der Waals surface area contributed by atoms with Gasteiger partial charge in [-0.3, -0.25) is 9.59 Å². The Hall–Kier alpha value is -3.75. The lowest BCUT2D eigenvalue weighted by atomic mass is 9.95. The van der Waals surface area contributed by atoms with Gasteiger partial charge < -0.3 is 30.1 Å². The monoisotopic (exact) mass is 569 g/mol. The summed E-state index contributed by atoms with van der Waals surface area (Å²) >= 11 is 0. The van der Waals surface area contributed by atoms with Gasteiger partial charge in [0, 0.05) is 12.2 Å². The van der Waals surface area contributed by atoms with Crippen LogP contribution in [0.4, 0.5) is 10.5 Å². The van der Waals surface area contributed by atoms with Gasteiger partial charge in [-0.15, -0.1) is 0 Å². The van der Waals surface area contributed by atoms with Crippen molar-refractivity contribution >= 4 is 23.6 Å².